The van der Waals surface area contributed by atoms with Gasteiger partial charge in [0, 0.05) is 25.7 Å². The van der Waals surface area contributed by atoms with Crippen molar-refractivity contribution in [1.29, 1.82) is 0 Å². The molecule has 3 saturated heterocycles. The molecule has 3 heterocycles. The number of carbonyl (C=O) groups is 2. The monoisotopic (exact) mass is 385 g/mol. The zero-order valence-corrected chi connectivity index (χ0v) is 16.5. The van der Waals surface area contributed by atoms with E-state index in [-0.39, 0.29) is 23.8 Å². The number of nitrogens with zero attached hydrogens (tertiary/aromatic N) is 1. The van der Waals surface area contributed by atoms with Crippen LogP contribution in [0.4, 0.5) is 0 Å². The Bertz CT molecular complexity index is 689. The smallest absolute Gasteiger partial charge is 0.241 e. The molecule has 28 heavy (non-hydrogen) atoms. The van der Waals surface area contributed by atoms with Gasteiger partial charge in [-0.25, -0.2) is 10.9 Å². The fourth-order valence-corrected chi connectivity index (χ4v) is 4.86. The highest BCUT2D eigenvalue weighted by Crippen LogP contribution is 2.29. The highest BCUT2D eigenvalue weighted by Gasteiger charge is 2.39. The average Bonchev–Trinajstić information content (AvgIpc) is 3.38. The largest absolute Gasteiger partial charge is 0.341 e. The summed E-state index contributed by atoms with van der Waals surface area (Å²) in [5.74, 6) is 1.35. The van der Waals surface area contributed by atoms with Crippen molar-refractivity contribution < 1.29 is 9.59 Å². The van der Waals surface area contributed by atoms with Crippen LogP contribution in [0, 0.1) is 11.8 Å². The van der Waals surface area contributed by atoms with Gasteiger partial charge in [0.15, 0.2) is 0 Å². The molecule has 3 aliphatic rings. The van der Waals surface area contributed by atoms with Gasteiger partial charge in [0.2, 0.25) is 5.91 Å². The second kappa shape index (κ2) is 8.69. The maximum absolute atomic E-state index is 12.8. The maximum Gasteiger partial charge on any atom is 0.241 e. The number of hydrogen-bond acceptors (Lipinski definition) is 6. The van der Waals surface area contributed by atoms with Gasteiger partial charge in [0.25, 0.3) is 0 Å². The summed E-state index contributed by atoms with van der Waals surface area (Å²) in [7, 11) is 0. The second-order valence-electron chi connectivity index (χ2n) is 8.40. The third-order valence-corrected chi connectivity index (χ3v) is 6.53. The van der Waals surface area contributed by atoms with E-state index < -0.39 is 0 Å². The fraction of sp³-hybridized carbons (Fsp3) is 0.619. The Kier molecular flexibility index (Phi) is 6.06. The highest BCUT2D eigenvalue weighted by atomic mass is 16.2. The van der Waals surface area contributed by atoms with E-state index in [0.29, 0.717) is 24.3 Å². The Morgan fingerprint density at radius 2 is 1.75 bits per heavy atom. The number of likely N-dealkylation sites (tertiary alicyclic amines) is 1. The van der Waals surface area contributed by atoms with Crippen LogP contribution in [0.15, 0.2) is 30.3 Å². The van der Waals surface area contributed by atoms with Gasteiger partial charge >= 0.3 is 0 Å². The van der Waals surface area contributed by atoms with Gasteiger partial charge < -0.3 is 4.90 Å². The molecule has 7 heteroatoms. The van der Waals surface area contributed by atoms with Crippen molar-refractivity contribution in [3.8, 4) is 0 Å². The highest BCUT2D eigenvalue weighted by molar-refractivity contribution is 5.86. The topological polar surface area (TPSA) is 85.5 Å². The SMILES string of the molecule is CC(=O)C1CC(C(=O)N2CCC(C3NNCC3Cc3ccccc3)CC2)NN1. The summed E-state index contributed by atoms with van der Waals surface area (Å²) in [6.45, 7) is 4.14. The lowest BCUT2D eigenvalue weighted by Crippen LogP contribution is -2.51. The first-order chi connectivity index (χ1) is 13.6. The predicted molar refractivity (Wildman–Crippen MR) is 107 cm³/mol. The maximum atomic E-state index is 12.8. The Balaban J connectivity index is 1.29. The predicted octanol–water partition coefficient (Wildman–Crippen LogP) is 0.384. The average molecular weight is 386 g/mol. The van der Waals surface area contributed by atoms with Crippen LogP contribution in [0.5, 0.6) is 0 Å². The first kappa shape index (κ1) is 19.5. The van der Waals surface area contributed by atoms with Gasteiger partial charge in [-0.3, -0.25) is 20.4 Å². The molecular weight excluding hydrogens is 354 g/mol. The Hall–Kier alpha value is -1.80. The van der Waals surface area contributed by atoms with Crippen LogP contribution in [-0.4, -0.2) is 54.4 Å². The van der Waals surface area contributed by atoms with E-state index in [1.807, 2.05) is 4.90 Å². The summed E-state index contributed by atoms with van der Waals surface area (Å²) in [6.07, 6.45) is 3.66. The molecule has 4 N–H and O–H groups in total. The van der Waals surface area contributed by atoms with Crippen molar-refractivity contribution in [3.63, 3.8) is 0 Å². The van der Waals surface area contributed by atoms with E-state index in [0.717, 1.165) is 38.9 Å². The number of hydrogen-bond donors (Lipinski definition) is 4. The molecule has 0 bridgehead atoms. The number of ketones is 1. The van der Waals surface area contributed by atoms with Crippen LogP contribution in [0.2, 0.25) is 0 Å². The van der Waals surface area contributed by atoms with E-state index >= 15 is 0 Å². The molecule has 4 atom stereocenters. The Labute approximate surface area is 166 Å². The molecule has 0 aliphatic carbocycles. The molecule has 3 aliphatic heterocycles. The Morgan fingerprint density at radius 1 is 1.04 bits per heavy atom. The number of carbonyl (C=O) groups excluding carboxylic acids is 2. The van der Waals surface area contributed by atoms with E-state index in [1.165, 1.54) is 5.56 Å². The van der Waals surface area contributed by atoms with E-state index in [2.05, 4.69) is 52.0 Å². The lowest BCUT2D eigenvalue weighted by molar-refractivity contribution is -0.134. The molecule has 7 nitrogen and oxygen atoms in total. The van der Waals surface area contributed by atoms with Crippen molar-refractivity contribution in [3.05, 3.63) is 35.9 Å². The van der Waals surface area contributed by atoms with Crippen LogP contribution in [0.3, 0.4) is 0 Å². The summed E-state index contributed by atoms with van der Waals surface area (Å²) in [5.41, 5.74) is 14.2. The summed E-state index contributed by atoms with van der Waals surface area (Å²) >= 11 is 0. The number of benzene rings is 1. The molecule has 4 rings (SSSR count). The van der Waals surface area contributed by atoms with E-state index in [1.54, 1.807) is 6.92 Å². The minimum atomic E-state index is -0.289. The molecule has 0 radical (unpaired) electrons. The molecule has 3 fully saturated rings. The van der Waals surface area contributed by atoms with Gasteiger partial charge in [-0.05, 0) is 50.0 Å². The first-order valence-corrected chi connectivity index (χ1v) is 10.4. The summed E-state index contributed by atoms with van der Waals surface area (Å²) in [5, 5.41) is 0. The van der Waals surface area contributed by atoms with Gasteiger partial charge in [0.05, 0.1) is 6.04 Å². The molecule has 0 spiro atoms. The molecule has 1 aromatic rings. The minimum Gasteiger partial charge on any atom is -0.341 e. The number of rotatable bonds is 5. The third-order valence-electron chi connectivity index (χ3n) is 6.53. The Morgan fingerprint density at radius 3 is 2.43 bits per heavy atom. The number of Topliss-reactive ketones (excluding diaryl/α,β-unsaturated/α-hetero) is 1. The normalized spacial score (nSPS) is 31.2. The van der Waals surface area contributed by atoms with Crippen LogP contribution >= 0.6 is 0 Å². The molecular formula is C21H31N5O2. The van der Waals surface area contributed by atoms with E-state index in [9.17, 15) is 9.59 Å². The van der Waals surface area contributed by atoms with Crippen LogP contribution in [-0.2, 0) is 16.0 Å². The molecule has 1 aromatic carbocycles. The number of amides is 1. The van der Waals surface area contributed by atoms with E-state index in [4.69, 9.17) is 0 Å². The van der Waals surface area contributed by atoms with Crippen LogP contribution < -0.4 is 21.7 Å². The lowest BCUT2D eigenvalue weighted by Gasteiger charge is -2.37. The van der Waals surface area contributed by atoms with Crippen molar-refractivity contribution in [2.45, 2.75) is 50.7 Å². The zero-order valence-electron chi connectivity index (χ0n) is 16.5. The number of hydrazine groups is 2. The summed E-state index contributed by atoms with van der Waals surface area (Å²) in [4.78, 5) is 26.3. The number of piperidine rings is 1. The molecule has 4 unspecified atom stereocenters. The van der Waals surface area contributed by atoms with Gasteiger partial charge in [-0.15, -0.1) is 0 Å². The lowest BCUT2D eigenvalue weighted by atomic mass is 9.81. The molecule has 0 aromatic heterocycles. The fourth-order valence-electron chi connectivity index (χ4n) is 4.86. The van der Waals surface area contributed by atoms with Crippen LogP contribution in [0.25, 0.3) is 0 Å². The zero-order chi connectivity index (χ0) is 19.5. The molecule has 0 saturated carbocycles. The van der Waals surface area contributed by atoms with Crippen molar-refractivity contribution in [1.82, 2.24) is 26.6 Å². The standard InChI is InChI=1S/C21H31N5O2/c1-14(27)18-12-19(24-23-18)21(28)26-9-7-16(8-10-26)20-17(13-22-25-20)11-15-5-3-2-4-6-15/h2-6,16-20,22-25H,7-13H2,1H3. The van der Waals surface area contributed by atoms with Crippen molar-refractivity contribution >= 4 is 11.7 Å². The number of nitrogens with one attached hydrogen (secondary N) is 4. The van der Waals surface area contributed by atoms with Gasteiger partial charge in [0.1, 0.15) is 11.8 Å². The molecule has 152 valence electrons. The van der Waals surface area contributed by atoms with Crippen molar-refractivity contribution in [2.75, 3.05) is 19.6 Å². The van der Waals surface area contributed by atoms with Crippen molar-refractivity contribution in [2.24, 2.45) is 11.8 Å². The summed E-state index contributed by atoms with van der Waals surface area (Å²) < 4.78 is 0. The third kappa shape index (κ3) is 4.27. The first-order valence-electron chi connectivity index (χ1n) is 10.4. The quantitative estimate of drug-likeness (QED) is 0.587. The van der Waals surface area contributed by atoms with Gasteiger partial charge in [-0.2, -0.15) is 0 Å². The molecule has 1 amide bonds. The second-order valence-corrected chi connectivity index (χ2v) is 8.40. The van der Waals surface area contributed by atoms with Gasteiger partial charge in [-0.1, -0.05) is 30.3 Å². The summed E-state index contributed by atoms with van der Waals surface area (Å²) in [6, 6.07) is 10.6. The van der Waals surface area contributed by atoms with Crippen LogP contribution in [0.1, 0.15) is 31.7 Å². The minimum absolute atomic E-state index is 0.0748.